The van der Waals surface area contributed by atoms with Crippen LogP contribution in [0.2, 0.25) is 0 Å². The van der Waals surface area contributed by atoms with E-state index in [-0.39, 0.29) is 12.1 Å². The summed E-state index contributed by atoms with van der Waals surface area (Å²) in [6.45, 7) is -0.132. The monoisotopic (exact) mass is 203 g/mol. The van der Waals surface area contributed by atoms with Crippen LogP contribution >= 0.6 is 12.2 Å². The van der Waals surface area contributed by atoms with Crippen LogP contribution in [-0.2, 0) is 6.54 Å². The van der Waals surface area contributed by atoms with Crippen molar-refractivity contribution in [2.45, 2.75) is 6.54 Å². The number of isothiocyanates is 1. The SMILES string of the molecule is Fc1cc(F)c(CN=C=S)cc1F. The van der Waals surface area contributed by atoms with E-state index in [1.807, 2.05) is 5.16 Å². The molecule has 0 saturated heterocycles. The molecule has 0 aliphatic rings. The molecule has 0 aromatic heterocycles. The second-order valence-electron chi connectivity index (χ2n) is 2.27. The third-order valence-corrected chi connectivity index (χ3v) is 1.53. The number of aliphatic imine (C=N–C) groups is 1. The van der Waals surface area contributed by atoms with E-state index < -0.39 is 17.5 Å². The predicted molar refractivity (Wildman–Crippen MR) is 45.0 cm³/mol. The quantitative estimate of drug-likeness (QED) is 0.409. The lowest BCUT2D eigenvalue weighted by Crippen LogP contribution is -1.93. The van der Waals surface area contributed by atoms with Gasteiger partial charge in [-0.25, -0.2) is 18.2 Å². The summed E-state index contributed by atoms with van der Waals surface area (Å²) in [4.78, 5) is 3.41. The van der Waals surface area contributed by atoms with Gasteiger partial charge in [0.1, 0.15) is 5.82 Å². The van der Waals surface area contributed by atoms with Gasteiger partial charge in [-0.15, -0.1) is 0 Å². The second kappa shape index (κ2) is 4.16. The Kier molecular flexibility index (Phi) is 3.17. The highest BCUT2D eigenvalue weighted by Crippen LogP contribution is 2.14. The zero-order valence-electron chi connectivity index (χ0n) is 6.35. The molecule has 0 N–H and O–H groups in total. The molecule has 0 bridgehead atoms. The maximum Gasteiger partial charge on any atom is 0.161 e. The molecule has 0 amide bonds. The smallest absolute Gasteiger partial charge is 0.161 e. The van der Waals surface area contributed by atoms with Crippen molar-refractivity contribution >= 4 is 17.4 Å². The van der Waals surface area contributed by atoms with E-state index in [4.69, 9.17) is 0 Å². The predicted octanol–water partition coefficient (Wildman–Crippen LogP) is 2.71. The number of thiocarbonyl (C=S) groups is 1. The zero-order chi connectivity index (χ0) is 9.84. The average Bonchev–Trinajstić information content (AvgIpc) is 2.09. The van der Waals surface area contributed by atoms with Crippen LogP contribution in [-0.4, -0.2) is 5.16 Å². The van der Waals surface area contributed by atoms with Gasteiger partial charge in [-0.1, -0.05) is 0 Å². The van der Waals surface area contributed by atoms with Crippen LogP contribution in [0.25, 0.3) is 0 Å². The van der Waals surface area contributed by atoms with Gasteiger partial charge in [0, 0.05) is 11.6 Å². The van der Waals surface area contributed by atoms with Gasteiger partial charge in [0.2, 0.25) is 0 Å². The van der Waals surface area contributed by atoms with E-state index in [0.717, 1.165) is 6.07 Å². The summed E-state index contributed by atoms with van der Waals surface area (Å²) in [6.07, 6.45) is 0. The molecule has 13 heavy (non-hydrogen) atoms. The average molecular weight is 203 g/mol. The Morgan fingerprint density at radius 3 is 2.38 bits per heavy atom. The van der Waals surface area contributed by atoms with E-state index >= 15 is 0 Å². The molecular formula is C8H4F3NS. The first-order chi connectivity index (χ1) is 6.15. The van der Waals surface area contributed by atoms with Crippen molar-refractivity contribution in [2.24, 2.45) is 4.99 Å². The minimum Gasteiger partial charge on any atom is -0.228 e. The minimum absolute atomic E-state index is 0.0451. The van der Waals surface area contributed by atoms with Crippen molar-refractivity contribution < 1.29 is 13.2 Å². The number of nitrogens with zero attached hydrogens (tertiary/aromatic N) is 1. The van der Waals surface area contributed by atoms with Crippen LogP contribution < -0.4 is 0 Å². The lowest BCUT2D eigenvalue weighted by atomic mass is 10.2. The largest absolute Gasteiger partial charge is 0.228 e. The van der Waals surface area contributed by atoms with E-state index in [0.29, 0.717) is 6.07 Å². The molecule has 0 spiro atoms. The summed E-state index contributed by atoms with van der Waals surface area (Å²) in [5, 5.41) is 2.00. The lowest BCUT2D eigenvalue weighted by molar-refractivity contribution is 0.490. The second-order valence-corrected chi connectivity index (χ2v) is 2.45. The Balaban J connectivity index is 3.07. The van der Waals surface area contributed by atoms with Crippen LogP contribution in [0.3, 0.4) is 0 Å². The third-order valence-electron chi connectivity index (χ3n) is 1.40. The van der Waals surface area contributed by atoms with Gasteiger partial charge in [-0.05, 0) is 18.3 Å². The molecule has 1 nitrogen and oxygen atoms in total. The zero-order valence-corrected chi connectivity index (χ0v) is 7.17. The molecule has 1 rings (SSSR count). The number of halogens is 3. The molecule has 0 atom stereocenters. The summed E-state index contributed by atoms with van der Waals surface area (Å²) in [5.74, 6) is -3.16. The first-order valence-electron chi connectivity index (χ1n) is 3.32. The fraction of sp³-hybridized carbons (Fsp3) is 0.125. The molecule has 0 fully saturated rings. The molecule has 5 heteroatoms. The van der Waals surface area contributed by atoms with Crippen molar-refractivity contribution in [3.8, 4) is 0 Å². The summed E-state index contributed by atoms with van der Waals surface area (Å²) in [6, 6.07) is 1.23. The topological polar surface area (TPSA) is 12.4 Å². The van der Waals surface area contributed by atoms with Crippen molar-refractivity contribution in [3.05, 3.63) is 35.1 Å². The van der Waals surface area contributed by atoms with Gasteiger partial charge in [0.25, 0.3) is 0 Å². The Morgan fingerprint density at radius 2 is 1.77 bits per heavy atom. The lowest BCUT2D eigenvalue weighted by Gasteiger charge is -1.99. The standard InChI is InChI=1S/C8H4F3NS/c9-6-2-8(11)7(10)1-5(6)3-12-4-13/h1-2H,3H2. The molecule has 1 aromatic carbocycles. The van der Waals surface area contributed by atoms with Crippen molar-refractivity contribution in [1.82, 2.24) is 0 Å². The van der Waals surface area contributed by atoms with Gasteiger partial charge in [-0.2, -0.15) is 0 Å². The number of hydrogen-bond acceptors (Lipinski definition) is 2. The minimum atomic E-state index is -1.22. The van der Waals surface area contributed by atoms with Gasteiger partial charge in [0.15, 0.2) is 11.6 Å². The maximum atomic E-state index is 12.8. The summed E-state index contributed by atoms with van der Waals surface area (Å²) in [5.41, 5.74) is -0.0451. The van der Waals surface area contributed by atoms with Crippen LogP contribution in [0, 0.1) is 17.5 Å². The van der Waals surface area contributed by atoms with E-state index in [1.54, 1.807) is 0 Å². The highest BCUT2D eigenvalue weighted by molar-refractivity contribution is 7.78. The molecular weight excluding hydrogens is 199 g/mol. The van der Waals surface area contributed by atoms with Crippen LogP contribution in [0.5, 0.6) is 0 Å². The van der Waals surface area contributed by atoms with Crippen LogP contribution in [0.15, 0.2) is 17.1 Å². The summed E-state index contributed by atoms with van der Waals surface area (Å²) in [7, 11) is 0. The van der Waals surface area contributed by atoms with Gasteiger partial charge < -0.3 is 0 Å². The van der Waals surface area contributed by atoms with E-state index in [9.17, 15) is 13.2 Å². The Hall–Kier alpha value is -1.19. The Morgan fingerprint density at radius 1 is 1.15 bits per heavy atom. The van der Waals surface area contributed by atoms with E-state index in [1.165, 1.54) is 0 Å². The number of benzene rings is 1. The maximum absolute atomic E-state index is 12.8. The van der Waals surface area contributed by atoms with Crippen molar-refractivity contribution in [2.75, 3.05) is 0 Å². The van der Waals surface area contributed by atoms with E-state index in [2.05, 4.69) is 17.2 Å². The van der Waals surface area contributed by atoms with Crippen molar-refractivity contribution in [1.29, 1.82) is 0 Å². The fourth-order valence-electron chi connectivity index (χ4n) is 0.802. The van der Waals surface area contributed by atoms with Crippen LogP contribution in [0.4, 0.5) is 13.2 Å². The van der Waals surface area contributed by atoms with Gasteiger partial charge in [-0.3, -0.25) is 0 Å². The molecule has 1 aromatic rings. The molecule has 0 heterocycles. The molecule has 0 aliphatic carbocycles. The number of hydrogen-bond donors (Lipinski definition) is 0. The first kappa shape index (κ1) is 9.89. The normalized spacial score (nSPS) is 9.46. The molecule has 68 valence electrons. The highest BCUT2D eigenvalue weighted by Gasteiger charge is 2.08. The molecule has 0 radical (unpaired) electrons. The Labute approximate surface area is 77.9 Å². The molecule has 0 aliphatic heterocycles. The Bertz CT molecular complexity index is 372. The fourth-order valence-corrected chi connectivity index (χ4v) is 0.867. The molecule has 0 saturated carbocycles. The summed E-state index contributed by atoms with van der Waals surface area (Å²) >= 11 is 4.25. The molecule has 0 unspecified atom stereocenters. The van der Waals surface area contributed by atoms with Gasteiger partial charge >= 0.3 is 0 Å². The first-order valence-corrected chi connectivity index (χ1v) is 3.73. The van der Waals surface area contributed by atoms with Gasteiger partial charge in [0.05, 0.1) is 11.7 Å². The third kappa shape index (κ3) is 2.37. The van der Waals surface area contributed by atoms with Crippen LogP contribution in [0.1, 0.15) is 5.56 Å². The number of rotatable bonds is 2. The highest BCUT2D eigenvalue weighted by atomic mass is 32.1. The summed E-state index contributed by atoms with van der Waals surface area (Å²) < 4.78 is 37.8. The van der Waals surface area contributed by atoms with Crippen molar-refractivity contribution in [3.63, 3.8) is 0 Å².